The Labute approximate surface area is 116 Å². The van der Waals surface area contributed by atoms with Crippen LogP contribution in [0.1, 0.15) is 16.8 Å². The van der Waals surface area contributed by atoms with Crippen molar-refractivity contribution in [2.75, 3.05) is 19.7 Å². The highest BCUT2D eigenvalue weighted by molar-refractivity contribution is 5.94. The molecule has 6 nitrogen and oxygen atoms in total. The third-order valence-electron chi connectivity index (χ3n) is 3.60. The van der Waals surface area contributed by atoms with E-state index in [0.29, 0.717) is 18.7 Å². The molecule has 104 valence electrons. The van der Waals surface area contributed by atoms with Crippen molar-refractivity contribution in [3.63, 3.8) is 0 Å². The van der Waals surface area contributed by atoms with E-state index in [4.69, 9.17) is 5.11 Å². The van der Waals surface area contributed by atoms with Gasteiger partial charge in [-0.05, 0) is 18.6 Å². The lowest BCUT2D eigenvalue weighted by Gasteiger charge is -2.16. The highest BCUT2D eigenvalue weighted by Crippen LogP contribution is 2.18. The van der Waals surface area contributed by atoms with Crippen molar-refractivity contribution < 1.29 is 9.90 Å². The third kappa shape index (κ3) is 2.42. The third-order valence-corrected chi connectivity index (χ3v) is 3.60. The maximum absolute atomic E-state index is 12.3. The van der Waals surface area contributed by atoms with E-state index in [9.17, 15) is 4.79 Å². The number of hydrogen-bond donors (Lipinski definition) is 1. The van der Waals surface area contributed by atoms with Gasteiger partial charge in [-0.1, -0.05) is 0 Å². The van der Waals surface area contributed by atoms with Crippen LogP contribution in [0.15, 0.2) is 37.1 Å². The molecule has 0 spiro atoms. The fraction of sp³-hybridized carbons (Fsp3) is 0.357. The van der Waals surface area contributed by atoms with Crippen molar-refractivity contribution in [1.29, 1.82) is 0 Å². The number of aliphatic hydroxyl groups is 1. The molecule has 0 radical (unpaired) electrons. The van der Waals surface area contributed by atoms with Gasteiger partial charge in [0.15, 0.2) is 0 Å². The van der Waals surface area contributed by atoms with Crippen molar-refractivity contribution in [3.8, 4) is 5.82 Å². The Kier molecular flexibility index (Phi) is 3.47. The number of aromatic nitrogens is 3. The quantitative estimate of drug-likeness (QED) is 0.893. The average Bonchev–Trinajstić information content (AvgIpc) is 3.18. The Morgan fingerprint density at radius 1 is 1.45 bits per heavy atom. The molecule has 3 heterocycles. The summed E-state index contributed by atoms with van der Waals surface area (Å²) in [5, 5.41) is 9.12. The predicted molar refractivity (Wildman–Crippen MR) is 72.5 cm³/mol. The molecule has 1 aliphatic heterocycles. The lowest BCUT2D eigenvalue weighted by Crippen LogP contribution is -2.29. The van der Waals surface area contributed by atoms with E-state index in [2.05, 4.69) is 9.97 Å². The summed E-state index contributed by atoms with van der Waals surface area (Å²) < 4.78 is 1.78. The van der Waals surface area contributed by atoms with Gasteiger partial charge in [-0.25, -0.2) is 9.97 Å². The predicted octanol–water partition coefficient (Wildman–Crippen LogP) is 0.722. The first kappa shape index (κ1) is 12.8. The van der Waals surface area contributed by atoms with Crippen LogP contribution in [0.3, 0.4) is 0 Å². The molecule has 1 saturated heterocycles. The first-order valence-electron chi connectivity index (χ1n) is 6.62. The number of likely N-dealkylation sites (tertiary alicyclic amines) is 1. The van der Waals surface area contributed by atoms with E-state index in [1.807, 2.05) is 0 Å². The van der Waals surface area contributed by atoms with Gasteiger partial charge in [0, 0.05) is 44.2 Å². The Morgan fingerprint density at radius 3 is 2.95 bits per heavy atom. The van der Waals surface area contributed by atoms with E-state index in [1.54, 1.807) is 46.5 Å². The fourth-order valence-corrected chi connectivity index (χ4v) is 2.41. The Balaban J connectivity index is 1.73. The van der Waals surface area contributed by atoms with Crippen LogP contribution in [0.2, 0.25) is 0 Å². The summed E-state index contributed by atoms with van der Waals surface area (Å²) in [6, 6.07) is 3.57. The van der Waals surface area contributed by atoms with Gasteiger partial charge in [0.2, 0.25) is 0 Å². The summed E-state index contributed by atoms with van der Waals surface area (Å²) in [5.41, 5.74) is 0.576. The molecular weight excluding hydrogens is 256 g/mol. The minimum Gasteiger partial charge on any atom is -0.396 e. The summed E-state index contributed by atoms with van der Waals surface area (Å²) in [4.78, 5) is 22.3. The standard InChI is InChI=1S/C14H16N4O2/c19-9-11-3-5-17(8-11)14(20)12-1-2-13(16-7-12)18-6-4-15-10-18/h1-2,4,6-7,10-11,19H,3,5,8-9H2. The Bertz CT molecular complexity index is 580. The van der Waals surface area contributed by atoms with Gasteiger partial charge < -0.3 is 10.0 Å². The molecule has 1 unspecified atom stereocenters. The molecule has 0 saturated carbocycles. The van der Waals surface area contributed by atoms with E-state index in [0.717, 1.165) is 12.2 Å². The summed E-state index contributed by atoms with van der Waals surface area (Å²) in [7, 11) is 0. The largest absolute Gasteiger partial charge is 0.396 e. The zero-order valence-electron chi connectivity index (χ0n) is 11.0. The van der Waals surface area contributed by atoms with Gasteiger partial charge in [-0.2, -0.15) is 0 Å². The normalized spacial score (nSPS) is 18.4. The van der Waals surface area contributed by atoms with Crippen molar-refractivity contribution in [1.82, 2.24) is 19.4 Å². The number of pyridine rings is 1. The van der Waals surface area contributed by atoms with Crippen molar-refractivity contribution in [2.45, 2.75) is 6.42 Å². The monoisotopic (exact) mass is 272 g/mol. The molecule has 1 aliphatic rings. The molecule has 2 aromatic rings. The number of carbonyl (C=O) groups excluding carboxylic acids is 1. The van der Waals surface area contributed by atoms with E-state index in [-0.39, 0.29) is 18.4 Å². The topological polar surface area (TPSA) is 71.2 Å². The average molecular weight is 272 g/mol. The number of amides is 1. The summed E-state index contributed by atoms with van der Waals surface area (Å²) in [5.74, 6) is 0.913. The Morgan fingerprint density at radius 2 is 2.35 bits per heavy atom. The molecular formula is C14H16N4O2. The van der Waals surface area contributed by atoms with Crippen molar-refractivity contribution >= 4 is 5.91 Å². The van der Waals surface area contributed by atoms with E-state index in [1.165, 1.54) is 0 Å². The maximum Gasteiger partial charge on any atom is 0.255 e. The van der Waals surface area contributed by atoms with Crippen LogP contribution >= 0.6 is 0 Å². The van der Waals surface area contributed by atoms with Gasteiger partial charge >= 0.3 is 0 Å². The summed E-state index contributed by atoms with van der Waals surface area (Å²) >= 11 is 0. The van der Waals surface area contributed by atoms with Crippen molar-refractivity contribution in [2.24, 2.45) is 5.92 Å². The number of hydrogen-bond acceptors (Lipinski definition) is 4. The minimum absolute atomic E-state index is 0.0226. The van der Waals surface area contributed by atoms with Crippen molar-refractivity contribution in [3.05, 3.63) is 42.6 Å². The molecule has 20 heavy (non-hydrogen) atoms. The number of nitrogens with zero attached hydrogens (tertiary/aromatic N) is 4. The molecule has 1 fully saturated rings. The maximum atomic E-state index is 12.3. The van der Waals surface area contributed by atoms with Gasteiger partial charge in [0.25, 0.3) is 5.91 Å². The second-order valence-corrected chi connectivity index (χ2v) is 4.96. The van der Waals surface area contributed by atoms with Crippen LogP contribution in [0.4, 0.5) is 0 Å². The summed E-state index contributed by atoms with van der Waals surface area (Å²) in [6.45, 7) is 1.47. The number of rotatable bonds is 3. The SMILES string of the molecule is O=C(c1ccc(-n2ccnc2)nc1)N1CCC(CO)C1. The second kappa shape index (κ2) is 5.42. The number of carbonyl (C=O) groups is 1. The van der Waals surface area contributed by atoms with Gasteiger partial charge in [0.05, 0.1) is 5.56 Å². The Hall–Kier alpha value is -2.21. The second-order valence-electron chi connectivity index (χ2n) is 4.96. The molecule has 1 atom stereocenters. The zero-order valence-corrected chi connectivity index (χ0v) is 11.0. The summed E-state index contributed by atoms with van der Waals surface area (Å²) in [6.07, 6.45) is 7.60. The minimum atomic E-state index is -0.0226. The number of aliphatic hydroxyl groups excluding tert-OH is 1. The van der Waals surface area contributed by atoms with Crippen LogP contribution < -0.4 is 0 Å². The van der Waals surface area contributed by atoms with Crippen LogP contribution in [-0.2, 0) is 0 Å². The molecule has 0 aromatic carbocycles. The first-order chi connectivity index (χ1) is 9.78. The van der Waals surface area contributed by atoms with Crippen LogP contribution in [0, 0.1) is 5.92 Å². The molecule has 1 amide bonds. The highest BCUT2D eigenvalue weighted by atomic mass is 16.3. The van der Waals surface area contributed by atoms with Gasteiger partial charge in [-0.3, -0.25) is 9.36 Å². The lowest BCUT2D eigenvalue weighted by molar-refractivity contribution is 0.0781. The van der Waals surface area contributed by atoms with Gasteiger partial charge in [-0.15, -0.1) is 0 Å². The van der Waals surface area contributed by atoms with E-state index < -0.39 is 0 Å². The fourth-order valence-electron chi connectivity index (χ4n) is 2.41. The van der Waals surface area contributed by atoms with Crippen LogP contribution in [0.5, 0.6) is 0 Å². The first-order valence-corrected chi connectivity index (χ1v) is 6.62. The van der Waals surface area contributed by atoms with Crippen LogP contribution in [0.25, 0.3) is 5.82 Å². The van der Waals surface area contributed by atoms with E-state index >= 15 is 0 Å². The highest BCUT2D eigenvalue weighted by Gasteiger charge is 2.26. The molecule has 6 heteroatoms. The number of imidazole rings is 1. The molecule has 2 aromatic heterocycles. The smallest absolute Gasteiger partial charge is 0.255 e. The zero-order chi connectivity index (χ0) is 13.9. The molecule has 1 N–H and O–H groups in total. The van der Waals surface area contributed by atoms with Gasteiger partial charge in [0.1, 0.15) is 12.1 Å². The molecule has 3 rings (SSSR count). The molecule has 0 aliphatic carbocycles. The lowest BCUT2D eigenvalue weighted by atomic mass is 10.1. The van der Waals surface area contributed by atoms with Crippen LogP contribution in [-0.4, -0.2) is 50.1 Å². The molecule has 0 bridgehead atoms.